The van der Waals surface area contributed by atoms with Gasteiger partial charge in [0.05, 0.1) is 18.8 Å². The van der Waals surface area contributed by atoms with Crippen molar-refractivity contribution in [2.75, 3.05) is 49.9 Å². The number of piperazine rings is 1. The molecule has 31 heavy (non-hydrogen) atoms. The Labute approximate surface area is 183 Å². The number of nitrogens with zero attached hydrogens (tertiary/aromatic N) is 3. The zero-order chi connectivity index (χ0) is 21.8. The maximum Gasteiger partial charge on any atom is 0.286 e. The molecule has 0 bridgehead atoms. The molecule has 2 aromatic carbocycles. The Hall–Kier alpha value is -2.75. The zero-order valence-corrected chi connectivity index (χ0v) is 18.4. The standard InChI is InChI=1S/C22H27N5O3S/c1-2-17-7-3-4-8-18(17)24-22(28)16-27-13-11-26(12-14-27)15-21-23-19-9-5-6-10-20(19)31(29,30)25-21/h3-10H,2,11-16H2,1H3,(H,23,25)(H,24,28). The van der Waals surface area contributed by atoms with Gasteiger partial charge in [-0.1, -0.05) is 37.3 Å². The van der Waals surface area contributed by atoms with Crippen LogP contribution in [0.4, 0.5) is 11.4 Å². The number of amides is 1. The summed E-state index contributed by atoms with van der Waals surface area (Å²) in [6, 6.07) is 14.6. The molecule has 0 aromatic heterocycles. The highest BCUT2D eigenvalue weighted by atomic mass is 32.2. The number of carbonyl (C=O) groups is 1. The summed E-state index contributed by atoms with van der Waals surface area (Å²) in [5.41, 5.74) is 2.56. The summed E-state index contributed by atoms with van der Waals surface area (Å²) in [6.45, 7) is 5.78. The molecule has 0 radical (unpaired) electrons. The second-order valence-corrected chi connectivity index (χ2v) is 9.32. The second kappa shape index (κ2) is 9.17. The van der Waals surface area contributed by atoms with E-state index in [-0.39, 0.29) is 10.8 Å². The lowest BCUT2D eigenvalue weighted by Gasteiger charge is -2.34. The Morgan fingerprint density at radius 3 is 2.48 bits per heavy atom. The first kappa shape index (κ1) is 21.5. The van der Waals surface area contributed by atoms with Gasteiger partial charge in [-0.3, -0.25) is 14.6 Å². The molecule has 1 fully saturated rings. The van der Waals surface area contributed by atoms with Gasteiger partial charge in [0.1, 0.15) is 10.7 Å². The topological polar surface area (TPSA) is 94.1 Å². The fourth-order valence-corrected chi connectivity index (χ4v) is 5.04. The normalized spacial score (nSPS) is 18.5. The summed E-state index contributed by atoms with van der Waals surface area (Å²) in [7, 11) is -3.67. The molecule has 2 N–H and O–H groups in total. The number of amidine groups is 1. The average molecular weight is 442 g/mol. The van der Waals surface area contributed by atoms with E-state index in [9.17, 15) is 13.2 Å². The van der Waals surface area contributed by atoms with Crippen LogP contribution in [-0.4, -0.2) is 69.2 Å². The van der Waals surface area contributed by atoms with E-state index < -0.39 is 10.0 Å². The van der Waals surface area contributed by atoms with E-state index in [1.165, 1.54) is 0 Å². The van der Waals surface area contributed by atoms with Gasteiger partial charge in [0.2, 0.25) is 5.91 Å². The number of sulfonamides is 1. The van der Waals surface area contributed by atoms with Crippen molar-refractivity contribution >= 4 is 33.1 Å². The van der Waals surface area contributed by atoms with Crippen molar-refractivity contribution in [3.63, 3.8) is 0 Å². The fraction of sp³-hybridized carbons (Fsp3) is 0.364. The minimum Gasteiger partial charge on any atom is -0.341 e. The van der Waals surface area contributed by atoms with Crippen LogP contribution in [0.25, 0.3) is 0 Å². The molecule has 4 rings (SSSR count). The molecule has 0 spiro atoms. The van der Waals surface area contributed by atoms with Gasteiger partial charge in [-0.2, -0.15) is 8.42 Å². The largest absolute Gasteiger partial charge is 0.341 e. The number of carbonyl (C=O) groups excluding carboxylic acids is 1. The van der Waals surface area contributed by atoms with Crippen molar-refractivity contribution in [2.24, 2.45) is 4.40 Å². The Morgan fingerprint density at radius 2 is 1.71 bits per heavy atom. The first-order valence-corrected chi connectivity index (χ1v) is 11.9. The predicted molar refractivity (Wildman–Crippen MR) is 122 cm³/mol. The van der Waals surface area contributed by atoms with E-state index in [1.54, 1.807) is 24.3 Å². The van der Waals surface area contributed by atoms with Crippen LogP contribution < -0.4 is 10.6 Å². The summed E-state index contributed by atoms with van der Waals surface area (Å²) < 4.78 is 28.7. The quantitative estimate of drug-likeness (QED) is 0.712. The summed E-state index contributed by atoms with van der Waals surface area (Å²) in [6.07, 6.45) is 0.868. The van der Waals surface area contributed by atoms with Crippen LogP contribution in [0.2, 0.25) is 0 Å². The summed E-state index contributed by atoms with van der Waals surface area (Å²) in [5, 5.41) is 6.15. The van der Waals surface area contributed by atoms with E-state index in [0.717, 1.165) is 43.9 Å². The molecule has 0 aliphatic carbocycles. The lowest BCUT2D eigenvalue weighted by Crippen LogP contribution is -2.50. The Kier molecular flexibility index (Phi) is 6.35. The third-order valence-corrected chi connectivity index (χ3v) is 6.92. The van der Waals surface area contributed by atoms with Crippen molar-refractivity contribution in [3.05, 3.63) is 54.1 Å². The number of nitrogens with one attached hydrogen (secondary N) is 2. The van der Waals surface area contributed by atoms with Crippen LogP contribution in [0.5, 0.6) is 0 Å². The minimum absolute atomic E-state index is 0.0182. The van der Waals surface area contributed by atoms with Gasteiger partial charge in [0.25, 0.3) is 10.0 Å². The predicted octanol–water partition coefficient (Wildman–Crippen LogP) is 2.02. The Bertz CT molecular complexity index is 1090. The molecule has 0 unspecified atom stereocenters. The van der Waals surface area contributed by atoms with Gasteiger partial charge in [-0.15, -0.1) is 4.40 Å². The van der Waals surface area contributed by atoms with E-state index in [4.69, 9.17) is 0 Å². The molecule has 9 heteroatoms. The van der Waals surface area contributed by atoms with Crippen molar-refractivity contribution in [3.8, 4) is 0 Å². The van der Waals surface area contributed by atoms with Gasteiger partial charge < -0.3 is 10.6 Å². The SMILES string of the molecule is CCc1ccccc1NC(=O)CN1CCN(CC2=NS(=O)(=O)c3ccccc3N2)CC1. The molecule has 2 aliphatic rings. The first-order valence-electron chi connectivity index (χ1n) is 10.5. The number of anilines is 2. The number of fused-ring (bicyclic) bond motifs is 1. The number of benzene rings is 2. The lowest BCUT2D eigenvalue weighted by molar-refractivity contribution is -0.117. The van der Waals surface area contributed by atoms with E-state index in [1.807, 2.05) is 24.3 Å². The molecule has 2 heterocycles. The van der Waals surface area contributed by atoms with Crippen molar-refractivity contribution in [1.29, 1.82) is 0 Å². The van der Waals surface area contributed by atoms with E-state index in [2.05, 4.69) is 31.8 Å². The fourth-order valence-electron chi connectivity index (χ4n) is 3.90. The van der Waals surface area contributed by atoms with Crippen LogP contribution in [0.1, 0.15) is 12.5 Å². The molecule has 1 saturated heterocycles. The highest BCUT2D eigenvalue weighted by Crippen LogP contribution is 2.26. The molecule has 0 atom stereocenters. The van der Waals surface area contributed by atoms with Gasteiger partial charge in [-0.05, 0) is 30.2 Å². The van der Waals surface area contributed by atoms with Crippen molar-refractivity contribution in [2.45, 2.75) is 18.2 Å². The highest BCUT2D eigenvalue weighted by molar-refractivity contribution is 7.90. The van der Waals surface area contributed by atoms with Crippen LogP contribution >= 0.6 is 0 Å². The van der Waals surface area contributed by atoms with Crippen molar-refractivity contribution in [1.82, 2.24) is 9.80 Å². The molecule has 2 aromatic rings. The molecule has 1 amide bonds. The van der Waals surface area contributed by atoms with Crippen LogP contribution in [0.15, 0.2) is 57.8 Å². The third kappa shape index (κ3) is 5.12. The summed E-state index contributed by atoms with van der Waals surface area (Å²) in [4.78, 5) is 16.9. The highest BCUT2D eigenvalue weighted by Gasteiger charge is 2.26. The molecule has 0 saturated carbocycles. The molecular formula is C22H27N5O3S. The summed E-state index contributed by atoms with van der Waals surface area (Å²) >= 11 is 0. The van der Waals surface area contributed by atoms with E-state index in [0.29, 0.717) is 24.6 Å². The second-order valence-electron chi connectivity index (χ2n) is 7.75. The van der Waals surface area contributed by atoms with Crippen LogP contribution in [0, 0.1) is 0 Å². The smallest absolute Gasteiger partial charge is 0.286 e. The number of rotatable bonds is 6. The molecular weight excluding hydrogens is 414 g/mol. The maximum absolute atomic E-state index is 12.5. The van der Waals surface area contributed by atoms with Crippen LogP contribution in [0.3, 0.4) is 0 Å². The number of aryl methyl sites for hydroxylation is 1. The third-order valence-electron chi connectivity index (χ3n) is 5.55. The van der Waals surface area contributed by atoms with Gasteiger partial charge >= 0.3 is 0 Å². The molecule has 8 nitrogen and oxygen atoms in total. The molecule has 2 aliphatic heterocycles. The lowest BCUT2D eigenvalue weighted by atomic mass is 10.1. The first-order chi connectivity index (χ1) is 14.9. The number of para-hydroxylation sites is 2. The monoisotopic (exact) mass is 441 g/mol. The number of hydrogen-bond donors (Lipinski definition) is 2. The molecule has 164 valence electrons. The summed E-state index contributed by atoms with van der Waals surface area (Å²) in [5.74, 6) is 0.413. The van der Waals surface area contributed by atoms with Gasteiger partial charge in [0.15, 0.2) is 0 Å². The minimum atomic E-state index is -3.67. The van der Waals surface area contributed by atoms with Crippen LogP contribution in [-0.2, 0) is 21.2 Å². The van der Waals surface area contributed by atoms with Gasteiger partial charge in [-0.25, -0.2) is 0 Å². The Morgan fingerprint density at radius 1 is 1.03 bits per heavy atom. The van der Waals surface area contributed by atoms with Gasteiger partial charge in [0, 0.05) is 31.9 Å². The zero-order valence-electron chi connectivity index (χ0n) is 17.5. The van der Waals surface area contributed by atoms with Crippen molar-refractivity contribution < 1.29 is 13.2 Å². The maximum atomic E-state index is 12.5. The Balaban J connectivity index is 1.29. The number of hydrogen-bond acceptors (Lipinski definition) is 6. The average Bonchev–Trinajstić information content (AvgIpc) is 2.75. The van der Waals surface area contributed by atoms with E-state index >= 15 is 0 Å².